The number of carbonyl (C=O) groups excluding carboxylic acids is 4. The standard InChI is InChI=1S/C23H30F5N5O4/c1-11(2)7-16(32-21(37)23(26,27)28)20(36)33-14-3-4-15(22(24,25)9-14)17(33)19(35)31-13(10-29)8-12-5-6-30-18(12)34/h11-17H,3-9H2,1-2H3,(H,30,34)(H,31,35)(H,32,37)/t12-,13-,14-,15-,16+,17-/m0/s1. The minimum Gasteiger partial charge on any atom is -0.356 e. The van der Waals surface area contributed by atoms with E-state index in [1.807, 2.05) is 6.07 Å². The average Bonchev–Trinajstić information content (AvgIpc) is 3.19. The number of hydrogen-bond acceptors (Lipinski definition) is 5. The molecule has 0 radical (unpaired) electrons. The lowest BCUT2D eigenvalue weighted by atomic mass is 9.71. The highest BCUT2D eigenvalue weighted by molar-refractivity contribution is 5.94. The number of nitrogens with zero attached hydrogens (tertiary/aromatic N) is 2. The van der Waals surface area contributed by atoms with E-state index in [0.717, 1.165) is 4.90 Å². The van der Waals surface area contributed by atoms with Crippen molar-refractivity contribution in [3.63, 3.8) is 0 Å². The number of alkyl halides is 5. The molecule has 1 aliphatic carbocycles. The third-order valence-electron chi connectivity index (χ3n) is 7.18. The molecule has 3 saturated heterocycles. The van der Waals surface area contributed by atoms with Gasteiger partial charge in [0, 0.05) is 24.9 Å². The van der Waals surface area contributed by atoms with Crippen LogP contribution in [0.5, 0.6) is 0 Å². The second-order valence-electron chi connectivity index (χ2n) is 10.3. The van der Waals surface area contributed by atoms with E-state index in [9.17, 15) is 46.4 Å². The molecule has 0 aromatic heterocycles. The Labute approximate surface area is 210 Å². The molecule has 3 N–H and O–H groups in total. The normalized spacial score (nSPS) is 28.3. The molecule has 4 rings (SSSR count). The summed E-state index contributed by atoms with van der Waals surface area (Å²) in [6.45, 7) is 3.62. The molecule has 0 unspecified atom stereocenters. The highest BCUT2D eigenvalue weighted by Crippen LogP contribution is 2.49. The van der Waals surface area contributed by atoms with E-state index in [4.69, 9.17) is 0 Å². The van der Waals surface area contributed by atoms with E-state index in [2.05, 4.69) is 10.6 Å². The maximum Gasteiger partial charge on any atom is 0.471 e. The number of fused-ring (bicyclic) bond motifs is 3. The molecule has 0 aromatic rings. The van der Waals surface area contributed by atoms with Gasteiger partial charge in [0.2, 0.25) is 17.7 Å². The zero-order valence-electron chi connectivity index (χ0n) is 20.4. The summed E-state index contributed by atoms with van der Waals surface area (Å²) >= 11 is 0. The number of halogens is 5. The second-order valence-corrected chi connectivity index (χ2v) is 10.3. The molecule has 3 heterocycles. The lowest BCUT2D eigenvalue weighted by molar-refractivity contribution is -0.196. The Morgan fingerprint density at radius 3 is 2.38 bits per heavy atom. The molecule has 6 atom stereocenters. The Bertz CT molecular complexity index is 966. The molecule has 2 bridgehead atoms. The van der Waals surface area contributed by atoms with Crippen molar-refractivity contribution in [3.8, 4) is 6.07 Å². The highest BCUT2D eigenvalue weighted by atomic mass is 19.4. The Morgan fingerprint density at radius 1 is 1.19 bits per heavy atom. The van der Waals surface area contributed by atoms with Gasteiger partial charge >= 0.3 is 12.1 Å². The van der Waals surface area contributed by atoms with Crippen molar-refractivity contribution >= 4 is 23.6 Å². The van der Waals surface area contributed by atoms with Crippen molar-refractivity contribution in [2.45, 2.75) is 88.6 Å². The fourth-order valence-corrected chi connectivity index (χ4v) is 5.49. The van der Waals surface area contributed by atoms with E-state index >= 15 is 0 Å². The van der Waals surface area contributed by atoms with Crippen molar-refractivity contribution in [3.05, 3.63) is 0 Å². The molecular weight excluding hydrogens is 505 g/mol. The SMILES string of the molecule is CC(C)C[C@@H](NC(=O)C(F)(F)F)C(=O)N1[C@H]2CC[C@@H]([C@H]1C(=O)N[C@H](C#N)C[C@@H]1CCNC1=O)C(F)(F)C2. The van der Waals surface area contributed by atoms with Crippen LogP contribution >= 0.6 is 0 Å². The summed E-state index contributed by atoms with van der Waals surface area (Å²) < 4.78 is 68.5. The van der Waals surface area contributed by atoms with Gasteiger partial charge in [-0.25, -0.2) is 8.78 Å². The number of hydrogen-bond donors (Lipinski definition) is 3. The van der Waals surface area contributed by atoms with Crippen LogP contribution in [-0.2, 0) is 19.2 Å². The highest BCUT2D eigenvalue weighted by Gasteiger charge is 2.61. The number of nitriles is 1. The van der Waals surface area contributed by atoms with E-state index in [1.165, 1.54) is 0 Å². The topological polar surface area (TPSA) is 131 Å². The lowest BCUT2D eigenvalue weighted by Gasteiger charge is -2.54. The third kappa shape index (κ3) is 6.30. The minimum absolute atomic E-state index is 0.0587. The molecule has 14 heteroatoms. The quantitative estimate of drug-likeness (QED) is 0.407. The van der Waals surface area contributed by atoms with Crippen LogP contribution in [0, 0.1) is 29.1 Å². The Morgan fingerprint density at radius 2 is 1.86 bits per heavy atom. The van der Waals surface area contributed by atoms with Gasteiger partial charge in [-0.15, -0.1) is 0 Å². The summed E-state index contributed by atoms with van der Waals surface area (Å²) in [4.78, 5) is 51.1. The van der Waals surface area contributed by atoms with Gasteiger partial charge in [-0.05, 0) is 38.0 Å². The van der Waals surface area contributed by atoms with Gasteiger partial charge in [-0.3, -0.25) is 19.2 Å². The van der Waals surface area contributed by atoms with Crippen molar-refractivity contribution in [1.29, 1.82) is 5.26 Å². The molecule has 3 aliphatic heterocycles. The van der Waals surface area contributed by atoms with E-state index in [0.29, 0.717) is 13.0 Å². The second kappa shape index (κ2) is 10.8. The van der Waals surface area contributed by atoms with Gasteiger partial charge in [0.25, 0.3) is 5.92 Å². The molecule has 0 aromatic carbocycles. The zero-order valence-corrected chi connectivity index (χ0v) is 20.4. The number of rotatable bonds is 8. The summed E-state index contributed by atoms with van der Waals surface area (Å²) in [5, 5.41) is 16.1. The first-order chi connectivity index (χ1) is 17.2. The number of amides is 4. The summed E-state index contributed by atoms with van der Waals surface area (Å²) in [5.41, 5.74) is 0. The van der Waals surface area contributed by atoms with Crippen LogP contribution in [0.25, 0.3) is 0 Å². The molecule has 4 aliphatic rings. The van der Waals surface area contributed by atoms with Crippen molar-refractivity contribution in [2.75, 3.05) is 6.54 Å². The van der Waals surface area contributed by atoms with Crippen LogP contribution in [0.3, 0.4) is 0 Å². The van der Waals surface area contributed by atoms with Gasteiger partial charge in [0.15, 0.2) is 0 Å². The van der Waals surface area contributed by atoms with Crippen LogP contribution in [-0.4, -0.2) is 71.3 Å². The Kier molecular flexibility index (Phi) is 8.34. The molecule has 1 saturated carbocycles. The van der Waals surface area contributed by atoms with E-state index in [1.54, 1.807) is 19.2 Å². The summed E-state index contributed by atoms with van der Waals surface area (Å²) in [6, 6.07) is -3.94. The minimum atomic E-state index is -5.27. The first-order valence-corrected chi connectivity index (χ1v) is 12.2. The number of nitrogens with one attached hydrogen (secondary N) is 3. The largest absolute Gasteiger partial charge is 0.471 e. The molecule has 37 heavy (non-hydrogen) atoms. The molecular formula is C23H30F5N5O4. The molecule has 206 valence electrons. The van der Waals surface area contributed by atoms with Crippen LogP contribution < -0.4 is 16.0 Å². The summed E-state index contributed by atoms with van der Waals surface area (Å²) in [5.74, 6) is -10.6. The third-order valence-corrected chi connectivity index (χ3v) is 7.18. The molecule has 4 amide bonds. The Hall–Kier alpha value is -2.98. The van der Waals surface area contributed by atoms with Crippen LogP contribution in [0.4, 0.5) is 22.0 Å². The predicted molar refractivity (Wildman–Crippen MR) is 117 cm³/mol. The molecule has 4 fully saturated rings. The zero-order chi connectivity index (χ0) is 27.7. The Balaban J connectivity index is 1.87. The van der Waals surface area contributed by atoms with Crippen molar-refractivity contribution < 1.29 is 41.1 Å². The van der Waals surface area contributed by atoms with Crippen LogP contribution in [0.2, 0.25) is 0 Å². The van der Waals surface area contributed by atoms with Gasteiger partial charge in [-0.1, -0.05) is 13.8 Å². The van der Waals surface area contributed by atoms with Crippen molar-refractivity contribution in [2.24, 2.45) is 17.8 Å². The first kappa shape index (κ1) is 28.6. The molecule has 9 nitrogen and oxygen atoms in total. The number of carbonyl (C=O) groups is 4. The fraction of sp³-hybridized carbons (Fsp3) is 0.783. The maximum absolute atomic E-state index is 14.9. The first-order valence-electron chi connectivity index (χ1n) is 12.2. The van der Waals surface area contributed by atoms with Crippen LogP contribution in [0.1, 0.15) is 52.4 Å². The van der Waals surface area contributed by atoms with Gasteiger partial charge in [0.05, 0.1) is 12.0 Å². The van der Waals surface area contributed by atoms with E-state index in [-0.39, 0.29) is 37.5 Å². The van der Waals surface area contributed by atoms with Crippen molar-refractivity contribution in [1.82, 2.24) is 20.9 Å². The smallest absolute Gasteiger partial charge is 0.356 e. The average molecular weight is 536 g/mol. The van der Waals surface area contributed by atoms with Gasteiger partial charge in [0.1, 0.15) is 18.1 Å². The number of piperidine rings is 2. The van der Waals surface area contributed by atoms with Gasteiger partial charge < -0.3 is 20.9 Å². The predicted octanol–water partition coefficient (Wildman–Crippen LogP) is 1.63. The van der Waals surface area contributed by atoms with Crippen LogP contribution in [0.15, 0.2) is 0 Å². The summed E-state index contributed by atoms with van der Waals surface area (Å²) in [7, 11) is 0. The monoisotopic (exact) mass is 535 g/mol. The molecule has 0 spiro atoms. The lowest BCUT2D eigenvalue weighted by Crippen LogP contribution is -2.71. The van der Waals surface area contributed by atoms with E-state index < -0.39 is 72.2 Å². The summed E-state index contributed by atoms with van der Waals surface area (Å²) in [6.07, 6.45) is -5.87. The maximum atomic E-state index is 14.9. The fourth-order valence-electron chi connectivity index (χ4n) is 5.49. The van der Waals surface area contributed by atoms with Gasteiger partial charge in [-0.2, -0.15) is 18.4 Å².